The second-order valence-electron chi connectivity index (χ2n) is 5.24. The Balaban J connectivity index is 2.23. The number of aliphatic hydroxyl groups is 1. The lowest BCUT2D eigenvalue weighted by atomic mass is 9.73. The number of rotatable bonds is 4. The van der Waals surface area contributed by atoms with E-state index in [1.54, 1.807) is 48.7 Å². The van der Waals surface area contributed by atoms with Crippen LogP contribution in [0.5, 0.6) is 11.5 Å². The summed E-state index contributed by atoms with van der Waals surface area (Å²) >= 11 is 0. The predicted molar refractivity (Wildman–Crippen MR) is 79.0 cm³/mol. The van der Waals surface area contributed by atoms with Crippen molar-refractivity contribution in [2.24, 2.45) is 0 Å². The van der Waals surface area contributed by atoms with Gasteiger partial charge >= 0.3 is 0 Å². The van der Waals surface area contributed by atoms with Gasteiger partial charge in [0.2, 0.25) is 7.85 Å². The fourth-order valence-corrected chi connectivity index (χ4v) is 2.17. The minimum atomic E-state index is -0.854. The van der Waals surface area contributed by atoms with Crippen molar-refractivity contribution in [1.29, 1.82) is 0 Å². The van der Waals surface area contributed by atoms with Gasteiger partial charge < -0.3 is 14.6 Å². The maximum absolute atomic E-state index is 12.4. The predicted octanol–water partition coefficient (Wildman–Crippen LogP) is -2.59. The van der Waals surface area contributed by atoms with E-state index in [2.05, 4.69) is 5.32 Å². The molecule has 0 amide bonds. The number of carbonyl (C=O) groups is 1. The molecule has 2 rings (SSSR count). The third-order valence-electron chi connectivity index (χ3n) is 2.93. The second kappa shape index (κ2) is 4.94. The fraction of sp³-hybridized carbons (Fsp3) is 0.364. The van der Waals surface area contributed by atoms with Crippen LogP contribution >= 0.6 is 0 Å². The molecule has 0 bridgehead atoms. The summed E-state index contributed by atoms with van der Waals surface area (Å²) in [7, 11) is 5.10. The normalized spacial score (nSPS) is 21.7. The smallest absolute Gasteiger partial charge is 0.207 e. The van der Waals surface area contributed by atoms with E-state index in [-0.39, 0.29) is 12.0 Å². The fourth-order valence-electron chi connectivity index (χ4n) is 2.17. The molecule has 19 heavy (non-hydrogen) atoms. The third kappa shape index (κ3) is 2.96. The molecule has 5 nitrogen and oxygen atoms in total. The minimum absolute atomic E-state index is 0.112. The van der Waals surface area contributed by atoms with Gasteiger partial charge in [-0.05, 0) is 25.1 Å². The number of Topliss-reactive ketones (excluding diaryl/α,β-unsaturated/α-hetero) is 1. The van der Waals surface area contributed by atoms with Crippen LogP contribution in [0.3, 0.4) is 0 Å². The lowest BCUT2D eigenvalue weighted by Crippen LogP contribution is -2.54. The van der Waals surface area contributed by atoms with Crippen LogP contribution in [0, 0.1) is 0 Å². The van der Waals surface area contributed by atoms with E-state index in [9.17, 15) is 9.90 Å². The number of hydrogen-bond acceptors (Lipinski definition) is 5. The van der Waals surface area contributed by atoms with Crippen LogP contribution in [0.4, 0.5) is 0 Å². The van der Waals surface area contributed by atoms with E-state index < -0.39 is 11.6 Å². The quantitative estimate of drug-likeness (QED) is 0.352. The average molecular weight is 259 g/mol. The first-order chi connectivity index (χ1) is 8.79. The molecule has 3 atom stereocenters. The number of carbonyl (C=O) groups excluding carboxylic acids is 1. The first-order valence-corrected chi connectivity index (χ1v) is 6.27. The second-order valence-corrected chi connectivity index (χ2v) is 5.24. The molecule has 0 saturated heterocycles. The largest absolute Gasteiger partial charge is 0.460 e. The van der Waals surface area contributed by atoms with Gasteiger partial charge in [0.25, 0.3) is 0 Å². The van der Waals surface area contributed by atoms with Crippen LogP contribution in [0.25, 0.3) is 0 Å². The van der Waals surface area contributed by atoms with Crippen LogP contribution in [0.2, 0.25) is 0 Å². The number of aliphatic hydroxyl groups excluding tert-OH is 1. The van der Waals surface area contributed by atoms with Crippen LogP contribution in [0.1, 0.15) is 17.3 Å². The molecular weight excluding hydrogens is 243 g/mol. The Morgan fingerprint density at radius 2 is 2.11 bits per heavy atom. The molecule has 0 radical (unpaired) electrons. The zero-order valence-electron chi connectivity index (χ0n) is 11.6. The topological polar surface area (TPSA) is 67.8 Å². The zero-order chi connectivity index (χ0) is 14.2. The minimum Gasteiger partial charge on any atom is -0.460 e. The lowest BCUT2D eigenvalue weighted by Gasteiger charge is -2.27. The van der Waals surface area contributed by atoms with Crippen LogP contribution in [-0.2, 0) is 0 Å². The molecule has 2 N–H and O–H groups in total. The monoisotopic (exact) mass is 259 g/mol. The third-order valence-corrected chi connectivity index (χ3v) is 2.93. The van der Waals surface area contributed by atoms with Gasteiger partial charge in [-0.3, -0.25) is 10.1 Å². The molecule has 0 fully saturated rings. The summed E-state index contributed by atoms with van der Waals surface area (Å²) in [5.41, 5.74) is -0.331. The molecule has 3 unspecified atom stereocenters. The summed E-state index contributed by atoms with van der Waals surface area (Å²) < 4.78 is 10.8. The molecular formula is C11H16B3NO4. The number of benzene rings is 1. The van der Waals surface area contributed by atoms with Crippen molar-refractivity contribution < 1.29 is 19.4 Å². The SMILES string of the molecule is BC(O)NC(B)(C)C(=O)c1ccc2c(c1)OC(B)O2. The highest BCUT2D eigenvalue weighted by Gasteiger charge is 2.30. The Hall–Kier alpha value is -1.40. The first-order valence-electron chi connectivity index (χ1n) is 6.27. The van der Waals surface area contributed by atoms with Gasteiger partial charge in [-0.25, -0.2) is 0 Å². The Labute approximate surface area is 114 Å². The summed E-state index contributed by atoms with van der Waals surface area (Å²) in [6, 6.07) is 5.10. The standard InChI is InChI=1S/C11H16B3NO4/c1-11(14,15-9(12)17)8(16)5-2-3-6-7(4-5)19-10(13)18-6/h2-4,9-10,15,17H,12-14H2,1H3. The van der Waals surface area contributed by atoms with Crippen molar-refractivity contribution in [3.05, 3.63) is 23.8 Å². The van der Waals surface area contributed by atoms with Crippen molar-refractivity contribution in [3.8, 4) is 11.5 Å². The lowest BCUT2D eigenvalue weighted by molar-refractivity contribution is 0.0882. The molecule has 0 saturated carbocycles. The number of hydrogen-bond donors (Lipinski definition) is 2. The Morgan fingerprint density at radius 1 is 1.47 bits per heavy atom. The molecule has 98 valence electrons. The average Bonchev–Trinajstić information content (AvgIpc) is 2.65. The Bertz CT molecular complexity index is 507. The number of fused-ring (bicyclic) bond motifs is 1. The van der Waals surface area contributed by atoms with Gasteiger partial charge in [-0.1, -0.05) is 0 Å². The van der Waals surface area contributed by atoms with Crippen molar-refractivity contribution in [2.75, 3.05) is 0 Å². The highest BCUT2D eigenvalue weighted by atomic mass is 16.7. The van der Waals surface area contributed by atoms with Gasteiger partial charge in [0.05, 0.1) is 6.13 Å². The van der Waals surface area contributed by atoms with Crippen molar-refractivity contribution in [2.45, 2.75) is 24.7 Å². The van der Waals surface area contributed by atoms with E-state index in [1.807, 2.05) is 0 Å². The number of ketones is 1. The molecule has 1 aliphatic heterocycles. The summed E-state index contributed by atoms with van der Waals surface area (Å²) in [6.45, 7) is 1.73. The summed E-state index contributed by atoms with van der Waals surface area (Å²) in [4.78, 5) is 12.4. The maximum Gasteiger partial charge on any atom is 0.207 e. The maximum atomic E-state index is 12.4. The summed E-state index contributed by atoms with van der Waals surface area (Å²) in [5.74, 6) is 1.11. The van der Waals surface area contributed by atoms with Crippen molar-refractivity contribution in [3.63, 3.8) is 0 Å². The number of nitrogens with one attached hydrogen (secondary N) is 1. The molecule has 1 aliphatic rings. The Morgan fingerprint density at radius 3 is 2.74 bits per heavy atom. The summed E-state index contributed by atoms with van der Waals surface area (Å²) in [5, 5.41) is 12.2. The highest BCUT2D eigenvalue weighted by Crippen LogP contribution is 2.35. The van der Waals surface area contributed by atoms with E-state index in [0.29, 0.717) is 17.1 Å². The van der Waals surface area contributed by atoms with E-state index in [0.717, 1.165) is 0 Å². The number of ether oxygens (including phenoxy) is 2. The molecule has 8 heteroatoms. The molecule has 0 aliphatic carbocycles. The molecule has 1 heterocycles. The van der Waals surface area contributed by atoms with Crippen LogP contribution < -0.4 is 14.8 Å². The van der Waals surface area contributed by atoms with Gasteiger partial charge in [0, 0.05) is 11.0 Å². The highest BCUT2D eigenvalue weighted by molar-refractivity contribution is 6.32. The van der Waals surface area contributed by atoms with E-state index in [1.165, 1.54) is 0 Å². The van der Waals surface area contributed by atoms with Gasteiger partial charge in [-0.15, -0.1) is 0 Å². The van der Waals surface area contributed by atoms with Gasteiger partial charge in [0.15, 0.2) is 31.3 Å². The first kappa shape index (κ1) is 14.0. The summed E-state index contributed by atoms with van der Waals surface area (Å²) in [6.07, 6.45) is -1.09. The van der Waals surface area contributed by atoms with E-state index in [4.69, 9.17) is 9.47 Å². The van der Waals surface area contributed by atoms with Crippen LogP contribution in [-0.4, -0.2) is 52.2 Å². The van der Waals surface area contributed by atoms with Crippen molar-refractivity contribution in [1.82, 2.24) is 5.32 Å². The van der Waals surface area contributed by atoms with Gasteiger partial charge in [-0.2, -0.15) is 0 Å². The molecule has 1 aromatic rings. The Kier molecular flexibility index (Phi) is 3.65. The zero-order valence-corrected chi connectivity index (χ0v) is 11.6. The van der Waals surface area contributed by atoms with E-state index >= 15 is 0 Å². The molecule has 0 aromatic heterocycles. The van der Waals surface area contributed by atoms with Gasteiger partial charge in [0.1, 0.15) is 7.85 Å². The molecule has 1 aromatic carbocycles. The molecule has 0 spiro atoms. The van der Waals surface area contributed by atoms with Crippen molar-refractivity contribution >= 4 is 29.3 Å². The van der Waals surface area contributed by atoms with Crippen LogP contribution in [0.15, 0.2) is 18.2 Å².